The number of para-hydroxylation sites is 1. The summed E-state index contributed by atoms with van der Waals surface area (Å²) in [5.41, 5.74) is 2.39. The maximum Gasteiger partial charge on any atom is 0.293 e. The molecule has 1 aliphatic heterocycles. The molecule has 0 N–H and O–H groups in total. The molecule has 4 rings (SSSR count). The highest BCUT2D eigenvalue weighted by Gasteiger charge is 2.27. The Labute approximate surface area is 210 Å². The number of unbranched alkanes of at least 4 members (excludes halogenated alkanes) is 1. The predicted molar refractivity (Wildman–Crippen MR) is 138 cm³/mol. The van der Waals surface area contributed by atoms with E-state index < -0.39 is 4.92 Å². The largest absolute Gasteiger partial charge is 0.461 e. The number of anilines is 1. The lowest BCUT2D eigenvalue weighted by atomic mass is 10.1. The Hall–Kier alpha value is -3.88. The van der Waals surface area contributed by atoms with Crippen LogP contribution in [0.2, 0.25) is 0 Å². The van der Waals surface area contributed by atoms with E-state index >= 15 is 0 Å². The Morgan fingerprint density at radius 2 is 1.83 bits per heavy atom. The van der Waals surface area contributed by atoms with Crippen molar-refractivity contribution in [3.63, 3.8) is 0 Å². The van der Waals surface area contributed by atoms with Gasteiger partial charge in [0.15, 0.2) is 0 Å². The lowest BCUT2D eigenvalue weighted by Gasteiger charge is -2.35. The summed E-state index contributed by atoms with van der Waals surface area (Å²) in [5, 5.41) is 12.9. The summed E-state index contributed by atoms with van der Waals surface area (Å²) in [6.07, 6.45) is 2.81. The average Bonchev–Trinajstić information content (AvgIpc) is 3.23. The summed E-state index contributed by atoms with van der Waals surface area (Å²) in [7, 11) is 1.70. The number of hydrogen-bond donors (Lipinski definition) is 0. The smallest absolute Gasteiger partial charge is 0.293 e. The number of piperazine rings is 1. The van der Waals surface area contributed by atoms with Crippen molar-refractivity contribution in [1.82, 2.24) is 9.80 Å². The molecule has 1 fully saturated rings. The molecule has 0 aliphatic carbocycles. The number of hydrogen-bond acceptors (Lipinski definition) is 6. The first kappa shape index (κ1) is 25.2. The molecule has 9 nitrogen and oxygen atoms in total. The first-order valence-electron chi connectivity index (χ1n) is 12.3. The minimum Gasteiger partial charge on any atom is -0.461 e. The minimum absolute atomic E-state index is 0.00335. The molecule has 0 spiro atoms. The third-order valence-corrected chi connectivity index (χ3v) is 6.77. The molecule has 1 aromatic heterocycles. The maximum atomic E-state index is 13.3. The fraction of sp³-hybridized carbons (Fsp3) is 0.407. The van der Waals surface area contributed by atoms with E-state index in [9.17, 15) is 19.7 Å². The van der Waals surface area contributed by atoms with E-state index in [1.54, 1.807) is 29.0 Å². The molecule has 9 heteroatoms. The summed E-state index contributed by atoms with van der Waals surface area (Å²) in [4.78, 5) is 41.6. The summed E-state index contributed by atoms with van der Waals surface area (Å²) < 4.78 is 6.09. The van der Waals surface area contributed by atoms with Gasteiger partial charge >= 0.3 is 0 Å². The summed E-state index contributed by atoms with van der Waals surface area (Å²) >= 11 is 0. The van der Waals surface area contributed by atoms with Crippen molar-refractivity contribution in [3.05, 3.63) is 69.5 Å². The summed E-state index contributed by atoms with van der Waals surface area (Å²) in [5.74, 6) is 0.581. The number of fused-ring (bicyclic) bond motifs is 1. The van der Waals surface area contributed by atoms with Gasteiger partial charge in [-0.2, -0.15) is 0 Å². The van der Waals surface area contributed by atoms with Gasteiger partial charge in [-0.15, -0.1) is 0 Å². The second kappa shape index (κ2) is 10.8. The molecule has 1 aliphatic rings. The van der Waals surface area contributed by atoms with Crippen LogP contribution in [0, 0.1) is 10.1 Å². The molecule has 190 valence electrons. The van der Waals surface area contributed by atoms with Crippen LogP contribution >= 0.6 is 0 Å². The summed E-state index contributed by atoms with van der Waals surface area (Å²) in [6, 6.07) is 12.4. The average molecular weight is 493 g/mol. The van der Waals surface area contributed by atoms with Gasteiger partial charge in [-0.05, 0) is 24.6 Å². The van der Waals surface area contributed by atoms with Crippen LogP contribution in [-0.4, -0.2) is 59.8 Å². The number of nitro groups is 1. The number of rotatable bonds is 8. The van der Waals surface area contributed by atoms with Crippen LogP contribution in [0.15, 0.2) is 46.9 Å². The lowest BCUT2D eigenvalue weighted by molar-refractivity contribution is -0.384. The molecule has 2 heterocycles. The molecular weight excluding hydrogens is 460 g/mol. The second-order valence-electron chi connectivity index (χ2n) is 9.22. The van der Waals surface area contributed by atoms with Gasteiger partial charge in [-0.3, -0.25) is 19.7 Å². The van der Waals surface area contributed by atoms with Crippen molar-refractivity contribution in [3.8, 4) is 0 Å². The third-order valence-electron chi connectivity index (χ3n) is 6.77. The monoisotopic (exact) mass is 492 g/mol. The van der Waals surface area contributed by atoms with E-state index in [0.717, 1.165) is 41.6 Å². The normalized spacial score (nSPS) is 13.8. The fourth-order valence-electron chi connectivity index (χ4n) is 4.72. The van der Waals surface area contributed by atoms with Crippen molar-refractivity contribution in [1.29, 1.82) is 0 Å². The number of nitro benzene ring substituents is 1. The van der Waals surface area contributed by atoms with E-state index in [4.69, 9.17) is 4.42 Å². The van der Waals surface area contributed by atoms with Crippen molar-refractivity contribution in [2.75, 3.05) is 38.1 Å². The Kier molecular flexibility index (Phi) is 7.57. The van der Waals surface area contributed by atoms with Gasteiger partial charge in [-0.25, -0.2) is 0 Å². The zero-order valence-electron chi connectivity index (χ0n) is 21.0. The number of benzene rings is 2. The summed E-state index contributed by atoms with van der Waals surface area (Å²) in [6.45, 7) is 6.01. The SMILES string of the molecule is CCCCc1oc2ccccc2c1CN(C)C(=O)c1ccc(N2CCN(C(C)=O)CC2)c([N+](=O)[O-])c1. The van der Waals surface area contributed by atoms with Crippen LogP contribution in [0.25, 0.3) is 11.0 Å². The lowest BCUT2D eigenvalue weighted by Crippen LogP contribution is -2.48. The highest BCUT2D eigenvalue weighted by Crippen LogP contribution is 2.32. The molecule has 36 heavy (non-hydrogen) atoms. The predicted octanol–water partition coefficient (Wildman–Crippen LogP) is 4.62. The molecule has 0 atom stereocenters. The Balaban J connectivity index is 1.56. The molecule has 3 aromatic rings. The van der Waals surface area contributed by atoms with Crippen molar-refractivity contribution < 1.29 is 18.9 Å². The number of carbonyl (C=O) groups excluding carboxylic acids is 2. The van der Waals surface area contributed by atoms with Crippen LogP contribution in [-0.2, 0) is 17.8 Å². The van der Waals surface area contributed by atoms with Crippen LogP contribution in [0.5, 0.6) is 0 Å². The van der Waals surface area contributed by atoms with Gasteiger partial charge in [0.05, 0.1) is 4.92 Å². The zero-order valence-corrected chi connectivity index (χ0v) is 21.0. The zero-order chi connectivity index (χ0) is 25.8. The molecule has 0 saturated carbocycles. The van der Waals surface area contributed by atoms with Crippen molar-refractivity contribution >= 4 is 34.2 Å². The Morgan fingerprint density at radius 3 is 2.50 bits per heavy atom. The van der Waals surface area contributed by atoms with Crippen LogP contribution in [0.4, 0.5) is 11.4 Å². The van der Waals surface area contributed by atoms with E-state index in [-0.39, 0.29) is 23.1 Å². The van der Waals surface area contributed by atoms with E-state index in [1.807, 2.05) is 29.2 Å². The van der Waals surface area contributed by atoms with Gasteiger partial charge in [0.2, 0.25) is 5.91 Å². The number of aryl methyl sites for hydroxylation is 1. The van der Waals surface area contributed by atoms with Gasteiger partial charge in [0, 0.05) is 75.7 Å². The van der Waals surface area contributed by atoms with Crippen molar-refractivity contribution in [2.24, 2.45) is 0 Å². The first-order valence-corrected chi connectivity index (χ1v) is 12.3. The van der Waals surface area contributed by atoms with E-state index in [0.29, 0.717) is 38.4 Å². The Bertz CT molecular complexity index is 1280. The molecule has 2 aromatic carbocycles. The fourth-order valence-corrected chi connectivity index (χ4v) is 4.72. The topological polar surface area (TPSA) is 100 Å². The van der Waals surface area contributed by atoms with Gasteiger partial charge in [0.25, 0.3) is 11.6 Å². The number of furan rings is 1. The van der Waals surface area contributed by atoms with Gasteiger partial charge in [0.1, 0.15) is 17.0 Å². The highest BCUT2D eigenvalue weighted by atomic mass is 16.6. The third kappa shape index (κ3) is 5.19. The van der Waals surface area contributed by atoms with Crippen LogP contribution in [0.1, 0.15) is 48.4 Å². The number of carbonyl (C=O) groups is 2. The molecule has 0 radical (unpaired) electrons. The quantitative estimate of drug-likeness (QED) is 0.336. The van der Waals surface area contributed by atoms with E-state index in [2.05, 4.69) is 6.92 Å². The molecule has 1 saturated heterocycles. The van der Waals surface area contributed by atoms with Gasteiger partial charge in [-0.1, -0.05) is 31.5 Å². The second-order valence-corrected chi connectivity index (χ2v) is 9.22. The Morgan fingerprint density at radius 1 is 1.11 bits per heavy atom. The van der Waals surface area contributed by atoms with Crippen LogP contribution < -0.4 is 4.90 Å². The van der Waals surface area contributed by atoms with Crippen LogP contribution in [0.3, 0.4) is 0 Å². The first-order chi connectivity index (χ1) is 17.3. The number of amides is 2. The van der Waals surface area contributed by atoms with E-state index in [1.165, 1.54) is 13.0 Å². The number of nitrogens with zero attached hydrogens (tertiary/aromatic N) is 4. The molecule has 0 bridgehead atoms. The maximum absolute atomic E-state index is 13.3. The molecular formula is C27H32N4O5. The molecule has 2 amide bonds. The van der Waals surface area contributed by atoms with Crippen molar-refractivity contribution in [2.45, 2.75) is 39.7 Å². The molecule has 0 unspecified atom stereocenters. The van der Waals surface area contributed by atoms with Gasteiger partial charge < -0.3 is 19.1 Å². The minimum atomic E-state index is -0.449. The standard InChI is InChI=1S/C27H32N4O5/c1-4-5-9-26-22(21-8-6-7-10-25(21)36-26)18-28(3)27(33)20-11-12-23(24(17-20)31(34)35)30-15-13-29(14-16-30)19(2)32/h6-8,10-12,17H,4-5,9,13-16,18H2,1-3H3. The highest BCUT2D eigenvalue weighted by molar-refractivity contribution is 5.96.